The van der Waals surface area contributed by atoms with Crippen molar-refractivity contribution in [1.29, 1.82) is 0 Å². The molecule has 0 bridgehead atoms. The van der Waals surface area contributed by atoms with E-state index in [0.29, 0.717) is 24.1 Å². The lowest BCUT2D eigenvalue weighted by atomic mass is 10.1. The third-order valence-electron chi connectivity index (χ3n) is 4.68. The summed E-state index contributed by atoms with van der Waals surface area (Å²) in [4.78, 5) is 28.7. The number of hydrogen-bond donors (Lipinski definition) is 1. The third-order valence-corrected chi connectivity index (χ3v) is 4.97. The molecule has 0 spiro atoms. The van der Waals surface area contributed by atoms with Gasteiger partial charge in [-0.1, -0.05) is 39.3 Å². The van der Waals surface area contributed by atoms with Crippen LogP contribution in [0.15, 0.2) is 18.2 Å². The normalized spacial score (nSPS) is 17.2. The van der Waals surface area contributed by atoms with Crippen LogP contribution in [0, 0.1) is 23.6 Å². The highest BCUT2D eigenvalue weighted by atomic mass is 35.5. The van der Waals surface area contributed by atoms with Crippen molar-refractivity contribution in [3.63, 3.8) is 0 Å². The molecule has 5 nitrogen and oxygen atoms in total. The largest absolute Gasteiger partial charge is 0.355 e. The Bertz CT molecular complexity index is 686. The highest BCUT2D eigenvalue weighted by Gasteiger charge is 2.35. The molecule has 1 fully saturated rings. The van der Waals surface area contributed by atoms with Gasteiger partial charge in [-0.25, -0.2) is 4.39 Å². The minimum Gasteiger partial charge on any atom is -0.355 e. The Hall–Kier alpha value is -1.66. The first-order valence-corrected chi connectivity index (χ1v) is 10.3. The number of carbonyl (C=O) groups excluding carboxylic acids is 2. The molecule has 0 aliphatic carbocycles. The van der Waals surface area contributed by atoms with Gasteiger partial charge in [0.2, 0.25) is 11.8 Å². The molecule has 1 saturated heterocycles. The zero-order chi connectivity index (χ0) is 20.8. The molecule has 0 radical (unpaired) electrons. The third kappa shape index (κ3) is 6.45. The number of halogens is 2. The smallest absolute Gasteiger partial charge is 0.227 e. The van der Waals surface area contributed by atoms with E-state index in [9.17, 15) is 14.0 Å². The monoisotopic (exact) mass is 411 g/mol. The molecule has 0 unspecified atom stereocenters. The number of anilines is 1. The van der Waals surface area contributed by atoms with Crippen LogP contribution in [0.2, 0.25) is 5.02 Å². The quantitative estimate of drug-likeness (QED) is 0.676. The molecule has 1 atom stereocenters. The minimum atomic E-state index is -0.529. The van der Waals surface area contributed by atoms with E-state index >= 15 is 0 Å². The lowest BCUT2D eigenvalue weighted by molar-refractivity contribution is -0.126. The fourth-order valence-corrected chi connectivity index (χ4v) is 3.73. The fraction of sp³-hybridized carbons (Fsp3) is 0.619. The summed E-state index contributed by atoms with van der Waals surface area (Å²) in [6.45, 7) is 12.4. The van der Waals surface area contributed by atoms with Crippen molar-refractivity contribution in [2.24, 2.45) is 17.8 Å². The van der Waals surface area contributed by atoms with Crippen LogP contribution >= 0.6 is 11.6 Å². The van der Waals surface area contributed by atoms with Gasteiger partial charge in [-0.2, -0.15) is 0 Å². The molecule has 2 amide bonds. The summed E-state index contributed by atoms with van der Waals surface area (Å²) >= 11 is 5.81. The molecule has 0 aromatic heterocycles. The van der Waals surface area contributed by atoms with Crippen LogP contribution in [0.3, 0.4) is 0 Å². The Morgan fingerprint density at radius 3 is 2.50 bits per heavy atom. The summed E-state index contributed by atoms with van der Waals surface area (Å²) in [6, 6.07) is 4.16. The Balaban J connectivity index is 1.87. The van der Waals surface area contributed by atoms with Crippen molar-refractivity contribution >= 4 is 29.1 Å². The lowest BCUT2D eigenvalue weighted by Gasteiger charge is -2.26. The van der Waals surface area contributed by atoms with Gasteiger partial charge in [0.25, 0.3) is 0 Å². The van der Waals surface area contributed by atoms with E-state index in [0.717, 1.165) is 19.6 Å². The maximum atomic E-state index is 13.3. The SMILES string of the molecule is CC(C)CN(CCNC(=O)[C@H]1CC(=O)N(c2ccc(F)c(Cl)c2)C1)CC(C)C. The van der Waals surface area contributed by atoms with Crippen LogP contribution in [0.4, 0.5) is 10.1 Å². The first-order chi connectivity index (χ1) is 13.2. The predicted molar refractivity (Wildman–Crippen MR) is 111 cm³/mol. The topological polar surface area (TPSA) is 52.7 Å². The standard InChI is InChI=1S/C21H31ClFN3O2/c1-14(2)11-25(12-15(3)4)8-7-24-21(28)16-9-20(27)26(13-16)17-5-6-19(23)18(22)10-17/h5-6,10,14-16H,7-9,11-13H2,1-4H3,(H,24,28)/t16-/m0/s1. The zero-order valence-electron chi connectivity index (χ0n) is 17.2. The van der Waals surface area contributed by atoms with Crippen molar-refractivity contribution in [2.45, 2.75) is 34.1 Å². The lowest BCUT2D eigenvalue weighted by Crippen LogP contribution is -2.40. The van der Waals surface area contributed by atoms with E-state index in [2.05, 4.69) is 37.9 Å². The van der Waals surface area contributed by atoms with Gasteiger partial charge in [0, 0.05) is 44.8 Å². The van der Waals surface area contributed by atoms with Crippen molar-refractivity contribution < 1.29 is 14.0 Å². The molecule has 1 aliphatic rings. The van der Waals surface area contributed by atoms with Gasteiger partial charge in [-0.05, 0) is 30.0 Å². The van der Waals surface area contributed by atoms with Crippen molar-refractivity contribution in [3.05, 3.63) is 29.0 Å². The molecule has 28 heavy (non-hydrogen) atoms. The van der Waals surface area contributed by atoms with Gasteiger partial charge in [0.15, 0.2) is 0 Å². The van der Waals surface area contributed by atoms with E-state index in [-0.39, 0.29) is 29.8 Å². The van der Waals surface area contributed by atoms with Gasteiger partial charge < -0.3 is 15.1 Å². The van der Waals surface area contributed by atoms with Crippen LogP contribution < -0.4 is 10.2 Å². The van der Waals surface area contributed by atoms with Gasteiger partial charge in [-0.15, -0.1) is 0 Å². The van der Waals surface area contributed by atoms with Gasteiger partial charge in [0.1, 0.15) is 5.82 Å². The van der Waals surface area contributed by atoms with Crippen molar-refractivity contribution in [1.82, 2.24) is 10.2 Å². The second kappa shape index (κ2) is 10.2. The van der Waals surface area contributed by atoms with E-state index in [1.54, 1.807) is 0 Å². The number of nitrogens with zero attached hydrogens (tertiary/aromatic N) is 2. The van der Waals surface area contributed by atoms with Gasteiger partial charge >= 0.3 is 0 Å². The predicted octanol–water partition coefficient (Wildman–Crippen LogP) is 3.56. The molecule has 2 rings (SSSR count). The highest BCUT2D eigenvalue weighted by Crippen LogP contribution is 2.28. The molecular weight excluding hydrogens is 381 g/mol. The maximum Gasteiger partial charge on any atom is 0.227 e. The van der Waals surface area contributed by atoms with E-state index in [1.807, 2.05) is 0 Å². The van der Waals surface area contributed by atoms with E-state index < -0.39 is 11.7 Å². The molecule has 1 aromatic carbocycles. The van der Waals surface area contributed by atoms with Crippen LogP contribution in [0.1, 0.15) is 34.1 Å². The average Bonchev–Trinajstić information content (AvgIpc) is 2.98. The summed E-state index contributed by atoms with van der Waals surface area (Å²) in [7, 11) is 0. The molecule has 1 heterocycles. The van der Waals surface area contributed by atoms with Crippen LogP contribution in [0.25, 0.3) is 0 Å². The number of benzene rings is 1. The molecule has 1 aromatic rings. The van der Waals surface area contributed by atoms with E-state index in [4.69, 9.17) is 11.6 Å². The molecule has 1 N–H and O–H groups in total. The van der Waals surface area contributed by atoms with Crippen molar-refractivity contribution in [2.75, 3.05) is 37.6 Å². The Labute approximate surface area is 172 Å². The molecular formula is C21H31ClFN3O2. The summed E-state index contributed by atoms with van der Waals surface area (Å²) in [5, 5.41) is 2.94. The Morgan fingerprint density at radius 2 is 1.93 bits per heavy atom. The van der Waals surface area contributed by atoms with Gasteiger partial charge in [-0.3, -0.25) is 9.59 Å². The zero-order valence-corrected chi connectivity index (χ0v) is 17.9. The summed E-state index contributed by atoms with van der Waals surface area (Å²) in [6.07, 6.45) is 0.155. The van der Waals surface area contributed by atoms with Crippen LogP contribution in [-0.4, -0.2) is 49.4 Å². The highest BCUT2D eigenvalue weighted by molar-refractivity contribution is 6.31. The van der Waals surface area contributed by atoms with Crippen molar-refractivity contribution in [3.8, 4) is 0 Å². The number of carbonyl (C=O) groups is 2. The van der Waals surface area contributed by atoms with Crippen LogP contribution in [0.5, 0.6) is 0 Å². The first-order valence-electron chi connectivity index (χ1n) is 9.92. The Morgan fingerprint density at radius 1 is 1.29 bits per heavy atom. The number of amides is 2. The fourth-order valence-electron chi connectivity index (χ4n) is 3.56. The second-order valence-electron chi connectivity index (χ2n) is 8.34. The molecule has 7 heteroatoms. The van der Waals surface area contributed by atoms with Crippen LogP contribution in [-0.2, 0) is 9.59 Å². The minimum absolute atomic E-state index is 0.0337. The first kappa shape index (κ1) is 22.6. The van der Waals surface area contributed by atoms with E-state index in [1.165, 1.54) is 23.1 Å². The molecule has 0 saturated carbocycles. The summed E-state index contributed by atoms with van der Waals surface area (Å²) in [5.41, 5.74) is 0.520. The summed E-state index contributed by atoms with van der Waals surface area (Å²) in [5.74, 6) is -0.0585. The average molecular weight is 412 g/mol. The second-order valence-corrected chi connectivity index (χ2v) is 8.75. The summed E-state index contributed by atoms with van der Waals surface area (Å²) < 4.78 is 13.3. The maximum absolute atomic E-state index is 13.3. The molecule has 156 valence electrons. The number of rotatable bonds is 9. The molecule has 1 aliphatic heterocycles. The van der Waals surface area contributed by atoms with Gasteiger partial charge in [0.05, 0.1) is 10.9 Å². The number of nitrogens with one attached hydrogen (secondary N) is 1. The number of hydrogen-bond acceptors (Lipinski definition) is 3. The Kier molecular flexibility index (Phi) is 8.25.